The van der Waals surface area contributed by atoms with Crippen molar-refractivity contribution in [2.75, 3.05) is 20.1 Å². The predicted octanol–water partition coefficient (Wildman–Crippen LogP) is 1.77. The van der Waals surface area contributed by atoms with Crippen molar-refractivity contribution >= 4 is 5.91 Å². The first kappa shape index (κ1) is 15.0. The van der Waals surface area contributed by atoms with Gasteiger partial charge in [0.2, 0.25) is 0 Å². The van der Waals surface area contributed by atoms with Gasteiger partial charge in [0.15, 0.2) is 0 Å². The number of likely N-dealkylation sites (N-methyl/N-ethyl adjacent to an activating group) is 1. The summed E-state index contributed by atoms with van der Waals surface area (Å²) in [7, 11) is 1.93. The molecule has 0 aromatic carbocycles. The van der Waals surface area contributed by atoms with E-state index in [0.29, 0.717) is 6.04 Å². The molecule has 5 heteroatoms. The van der Waals surface area contributed by atoms with Crippen LogP contribution in [-0.2, 0) is 5.54 Å². The zero-order valence-electron chi connectivity index (χ0n) is 13.2. The highest BCUT2D eigenvalue weighted by Crippen LogP contribution is 2.23. The zero-order chi connectivity index (χ0) is 14.9. The van der Waals surface area contributed by atoms with E-state index in [0.717, 1.165) is 37.2 Å². The lowest BCUT2D eigenvalue weighted by Gasteiger charge is -2.25. The number of carbonyl (C=O) groups is 1. The zero-order valence-corrected chi connectivity index (χ0v) is 13.2. The number of hydrogen-bond acceptors (Lipinski definition) is 3. The van der Waals surface area contributed by atoms with Crippen LogP contribution in [0, 0.1) is 6.92 Å². The van der Waals surface area contributed by atoms with Crippen LogP contribution in [0.5, 0.6) is 0 Å². The van der Waals surface area contributed by atoms with Gasteiger partial charge in [-0.25, -0.2) is 0 Å². The van der Waals surface area contributed by atoms with Gasteiger partial charge in [-0.05, 0) is 47.6 Å². The van der Waals surface area contributed by atoms with Crippen LogP contribution >= 0.6 is 0 Å². The molecule has 0 aliphatic carbocycles. The number of likely N-dealkylation sites (tertiary alicyclic amines) is 1. The van der Waals surface area contributed by atoms with Gasteiger partial charge in [0, 0.05) is 24.8 Å². The summed E-state index contributed by atoms with van der Waals surface area (Å²) in [5, 5.41) is 7.58. The molecule has 2 rings (SSSR count). The number of amides is 1. The van der Waals surface area contributed by atoms with Crippen LogP contribution in [0.3, 0.4) is 0 Å². The van der Waals surface area contributed by atoms with Crippen molar-refractivity contribution < 1.29 is 4.79 Å². The standard InChI is InChI=1S/C15H26N4O/c1-11-13(10-17-19(11)15(2,3)4)14(20)18-8-6-7-12(18)9-16-5/h10,12,16H,6-9H2,1-5H3. The first-order valence-corrected chi connectivity index (χ1v) is 7.37. The highest BCUT2D eigenvalue weighted by atomic mass is 16.2. The van der Waals surface area contributed by atoms with Crippen molar-refractivity contribution in [3.05, 3.63) is 17.5 Å². The van der Waals surface area contributed by atoms with E-state index in [1.165, 1.54) is 0 Å². The molecule has 1 saturated heterocycles. The van der Waals surface area contributed by atoms with E-state index < -0.39 is 0 Å². The fraction of sp³-hybridized carbons (Fsp3) is 0.733. The summed E-state index contributed by atoms with van der Waals surface area (Å²) in [6.07, 6.45) is 3.89. The molecule has 1 aromatic heterocycles. The van der Waals surface area contributed by atoms with E-state index in [2.05, 4.69) is 31.2 Å². The van der Waals surface area contributed by atoms with E-state index in [1.54, 1.807) is 6.20 Å². The van der Waals surface area contributed by atoms with Crippen LogP contribution in [0.25, 0.3) is 0 Å². The highest BCUT2D eigenvalue weighted by molar-refractivity contribution is 5.95. The Kier molecular flexibility index (Phi) is 4.18. The van der Waals surface area contributed by atoms with Crippen molar-refractivity contribution in [1.82, 2.24) is 20.0 Å². The lowest BCUT2D eigenvalue weighted by atomic mass is 10.1. The molecular weight excluding hydrogens is 252 g/mol. The Balaban J connectivity index is 2.24. The van der Waals surface area contributed by atoms with E-state index in [9.17, 15) is 4.79 Å². The molecule has 20 heavy (non-hydrogen) atoms. The molecule has 1 N–H and O–H groups in total. The molecule has 0 saturated carbocycles. The smallest absolute Gasteiger partial charge is 0.257 e. The van der Waals surface area contributed by atoms with Crippen LogP contribution in [0.1, 0.15) is 49.7 Å². The minimum Gasteiger partial charge on any atom is -0.334 e. The van der Waals surface area contributed by atoms with Gasteiger partial charge in [0.25, 0.3) is 5.91 Å². The maximum absolute atomic E-state index is 12.7. The van der Waals surface area contributed by atoms with Crippen LogP contribution in [0.2, 0.25) is 0 Å². The quantitative estimate of drug-likeness (QED) is 0.917. The SMILES string of the molecule is CNCC1CCCN1C(=O)c1cnn(C(C)(C)C)c1C. The maximum atomic E-state index is 12.7. The molecule has 1 aromatic rings. The number of rotatable bonds is 3. The summed E-state index contributed by atoms with van der Waals surface area (Å²) in [4.78, 5) is 14.7. The third-order valence-corrected chi connectivity index (χ3v) is 3.95. The minimum absolute atomic E-state index is 0.0992. The largest absolute Gasteiger partial charge is 0.334 e. The summed E-state index contributed by atoms with van der Waals surface area (Å²) in [6.45, 7) is 9.99. The fourth-order valence-corrected chi connectivity index (χ4v) is 3.00. The summed E-state index contributed by atoms with van der Waals surface area (Å²) in [5.41, 5.74) is 1.60. The fourth-order valence-electron chi connectivity index (χ4n) is 3.00. The summed E-state index contributed by atoms with van der Waals surface area (Å²) in [6, 6.07) is 0.310. The second-order valence-corrected chi connectivity index (χ2v) is 6.58. The molecule has 0 bridgehead atoms. The van der Waals surface area contributed by atoms with Gasteiger partial charge in [-0.1, -0.05) is 0 Å². The van der Waals surface area contributed by atoms with Crippen LogP contribution in [0.4, 0.5) is 0 Å². The van der Waals surface area contributed by atoms with E-state index in [1.807, 2.05) is 23.6 Å². The van der Waals surface area contributed by atoms with Crippen molar-refractivity contribution in [1.29, 1.82) is 0 Å². The molecule has 1 fully saturated rings. The average molecular weight is 278 g/mol. The third kappa shape index (κ3) is 2.73. The van der Waals surface area contributed by atoms with Gasteiger partial charge in [0.05, 0.1) is 17.3 Å². The van der Waals surface area contributed by atoms with Crippen molar-refractivity contribution in [2.45, 2.75) is 52.1 Å². The van der Waals surface area contributed by atoms with Crippen molar-refractivity contribution in [2.24, 2.45) is 0 Å². The van der Waals surface area contributed by atoms with Gasteiger partial charge < -0.3 is 10.2 Å². The normalized spacial score (nSPS) is 19.6. The summed E-state index contributed by atoms with van der Waals surface area (Å²) >= 11 is 0. The molecule has 0 radical (unpaired) electrons. The molecule has 0 spiro atoms. The van der Waals surface area contributed by atoms with Gasteiger partial charge in [-0.15, -0.1) is 0 Å². The molecule has 1 unspecified atom stereocenters. The maximum Gasteiger partial charge on any atom is 0.257 e. The number of nitrogens with one attached hydrogen (secondary N) is 1. The molecule has 1 amide bonds. The van der Waals surface area contributed by atoms with Gasteiger partial charge in [-0.3, -0.25) is 9.48 Å². The Morgan fingerprint density at radius 2 is 2.20 bits per heavy atom. The Hall–Kier alpha value is -1.36. The van der Waals surface area contributed by atoms with Gasteiger partial charge in [0.1, 0.15) is 0 Å². The second-order valence-electron chi connectivity index (χ2n) is 6.58. The minimum atomic E-state index is -0.0992. The molecule has 112 valence electrons. The Morgan fingerprint density at radius 1 is 1.50 bits per heavy atom. The Labute approximate surface area is 121 Å². The topological polar surface area (TPSA) is 50.2 Å². The number of nitrogens with zero attached hydrogens (tertiary/aromatic N) is 3. The summed E-state index contributed by atoms with van der Waals surface area (Å²) < 4.78 is 1.93. The van der Waals surface area contributed by atoms with Crippen LogP contribution < -0.4 is 5.32 Å². The van der Waals surface area contributed by atoms with E-state index in [4.69, 9.17) is 0 Å². The second kappa shape index (κ2) is 5.56. The van der Waals surface area contributed by atoms with Crippen molar-refractivity contribution in [3.8, 4) is 0 Å². The number of carbonyl (C=O) groups excluding carboxylic acids is 1. The lowest BCUT2D eigenvalue weighted by molar-refractivity contribution is 0.0736. The van der Waals surface area contributed by atoms with Crippen molar-refractivity contribution in [3.63, 3.8) is 0 Å². The molecular formula is C15H26N4O. The lowest BCUT2D eigenvalue weighted by Crippen LogP contribution is -2.41. The third-order valence-electron chi connectivity index (χ3n) is 3.95. The van der Waals surface area contributed by atoms with Crippen LogP contribution in [-0.4, -0.2) is 46.8 Å². The monoisotopic (exact) mass is 278 g/mol. The van der Waals surface area contributed by atoms with Gasteiger partial charge >= 0.3 is 0 Å². The van der Waals surface area contributed by atoms with E-state index >= 15 is 0 Å². The highest BCUT2D eigenvalue weighted by Gasteiger charge is 2.31. The average Bonchev–Trinajstić information content (AvgIpc) is 2.94. The number of aromatic nitrogens is 2. The predicted molar refractivity (Wildman–Crippen MR) is 79.9 cm³/mol. The van der Waals surface area contributed by atoms with Gasteiger partial charge in [-0.2, -0.15) is 5.10 Å². The first-order valence-electron chi connectivity index (χ1n) is 7.37. The van der Waals surface area contributed by atoms with Crippen LogP contribution in [0.15, 0.2) is 6.20 Å². The Morgan fingerprint density at radius 3 is 2.75 bits per heavy atom. The molecule has 1 aliphatic heterocycles. The molecule has 1 aliphatic rings. The summed E-state index contributed by atoms with van der Waals surface area (Å²) in [5.74, 6) is 0.121. The molecule has 5 nitrogen and oxygen atoms in total. The number of hydrogen-bond donors (Lipinski definition) is 1. The first-order chi connectivity index (χ1) is 9.36. The van der Waals surface area contributed by atoms with E-state index in [-0.39, 0.29) is 11.4 Å². The molecule has 1 atom stereocenters. The molecule has 2 heterocycles. The Bertz CT molecular complexity index is 487.